The van der Waals surface area contributed by atoms with Gasteiger partial charge in [0.05, 0.1) is 6.33 Å². The van der Waals surface area contributed by atoms with Crippen LogP contribution in [0.25, 0.3) is 0 Å². The second-order valence-corrected chi connectivity index (χ2v) is 4.30. The van der Waals surface area contributed by atoms with Crippen LogP contribution in [0.2, 0.25) is 0 Å². The Labute approximate surface area is 108 Å². The Morgan fingerprint density at radius 1 is 1.32 bits per heavy atom. The first-order valence-corrected chi connectivity index (χ1v) is 5.71. The molecule has 1 aromatic carbocycles. The SMILES string of the molecule is Cc1cc(=O)n(CC(N)c2ccc(F)c(F)c2)cn1. The Balaban J connectivity index is 2.22. The second-order valence-electron chi connectivity index (χ2n) is 4.30. The summed E-state index contributed by atoms with van der Waals surface area (Å²) in [6, 6.07) is 4.22. The summed E-state index contributed by atoms with van der Waals surface area (Å²) in [5.74, 6) is -1.88. The lowest BCUT2D eigenvalue weighted by Gasteiger charge is -2.14. The van der Waals surface area contributed by atoms with E-state index in [0.29, 0.717) is 11.3 Å². The fourth-order valence-corrected chi connectivity index (χ4v) is 1.71. The molecule has 0 aliphatic carbocycles. The zero-order valence-corrected chi connectivity index (χ0v) is 10.3. The van der Waals surface area contributed by atoms with Gasteiger partial charge in [-0.3, -0.25) is 9.36 Å². The molecule has 4 nitrogen and oxygen atoms in total. The predicted molar refractivity (Wildman–Crippen MR) is 66.5 cm³/mol. The van der Waals surface area contributed by atoms with Gasteiger partial charge in [0.1, 0.15) is 0 Å². The van der Waals surface area contributed by atoms with Gasteiger partial charge in [-0.15, -0.1) is 0 Å². The number of halogens is 2. The third-order valence-electron chi connectivity index (χ3n) is 2.78. The van der Waals surface area contributed by atoms with E-state index in [9.17, 15) is 13.6 Å². The summed E-state index contributed by atoms with van der Waals surface area (Å²) in [5, 5.41) is 0. The topological polar surface area (TPSA) is 60.9 Å². The molecule has 0 saturated carbocycles. The monoisotopic (exact) mass is 265 g/mol. The molecule has 0 amide bonds. The Morgan fingerprint density at radius 2 is 2.05 bits per heavy atom. The Hall–Kier alpha value is -2.08. The molecule has 0 spiro atoms. The highest BCUT2D eigenvalue weighted by molar-refractivity contribution is 5.21. The van der Waals surface area contributed by atoms with Crippen LogP contribution < -0.4 is 11.3 Å². The first kappa shape index (κ1) is 13.4. The molecule has 1 aromatic heterocycles. The number of nitrogens with two attached hydrogens (primary N) is 1. The standard InChI is InChI=1S/C13H13F2N3O/c1-8-4-13(19)18(7-17-8)6-12(16)9-2-3-10(14)11(15)5-9/h2-5,7,12H,6,16H2,1H3. The van der Waals surface area contributed by atoms with Crippen molar-refractivity contribution in [2.75, 3.05) is 0 Å². The zero-order valence-electron chi connectivity index (χ0n) is 10.3. The van der Waals surface area contributed by atoms with Crippen molar-refractivity contribution in [1.29, 1.82) is 0 Å². The molecule has 1 heterocycles. The second kappa shape index (κ2) is 5.27. The number of aromatic nitrogens is 2. The quantitative estimate of drug-likeness (QED) is 0.915. The molecule has 0 fully saturated rings. The van der Waals surface area contributed by atoms with E-state index in [1.165, 1.54) is 23.0 Å². The largest absolute Gasteiger partial charge is 0.322 e. The molecule has 100 valence electrons. The molecular weight excluding hydrogens is 252 g/mol. The average Bonchev–Trinajstić information content (AvgIpc) is 2.36. The van der Waals surface area contributed by atoms with Crippen LogP contribution in [0.5, 0.6) is 0 Å². The molecule has 2 aromatic rings. The van der Waals surface area contributed by atoms with E-state index >= 15 is 0 Å². The van der Waals surface area contributed by atoms with E-state index in [2.05, 4.69) is 4.98 Å². The average molecular weight is 265 g/mol. The van der Waals surface area contributed by atoms with E-state index in [1.54, 1.807) is 6.92 Å². The van der Waals surface area contributed by atoms with Gasteiger partial charge in [-0.25, -0.2) is 13.8 Å². The smallest absolute Gasteiger partial charge is 0.253 e. The van der Waals surface area contributed by atoms with Gasteiger partial charge < -0.3 is 5.73 Å². The van der Waals surface area contributed by atoms with Gasteiger partial charge >= 0.3 is 0 Å². The van der Waals surface area contributed by atoms with Crippen molar-refractivity contribution >= 4 is 0 Å². The van der Waals surface area contributed by atoms with Crippen molar-refractivity contribution in [2.45, 2.75) is 19.5 Å². The molecular formula is C13H13F2N3O. The van der Waals surface area contributed by atoms with Crippen LogP contribution in [0.4, 0.5) is 8.78 Å². The number of rotatable bonds is 3. The number of nitrogens with zero attached hydrogens (tertiary/aromatic N) is 2. The minimum absolute atomic E-state index is 0.150. The number of hydrogen-bond donors (Lipinski definition) is 1. The summed E-state index contributed by atoms with van der Waals surface area (Å²) >= 11 is 0. The lowest BCUT2D eigenvalue weighted by Crippen LogP contribution is -2.26. The first-order chi connectivity index (χ1) is 8.97. The van der Waals surface area contributed by atoms with Crippen molar-refractivity contribution in [2.24, 2.45) is 5.73 Å². The van der Waals surface area contributed by atoms with E-state index < -0.39 is 17.7 Å². The van der Waals surface area contributed by atoms with Crippen molar-refractivity contribution in [3.8, 4) is 0 Å². The third kappa shape index (κ3) is 3.03. The normalized spacial score (nSPS) is 12.4. The van der Waals surface area contributed by atoms with E-state index in [4.69, 9.17) is 5.73 Å². The zero-order chi connectivity index (χ0) is 14.0. The van der Waals surface area contributed by atoms with Crippen LogP contribution in [-0.4, -0.2) is 9.55 Å². The van der Waals surface area contributed by atoms with Gasteiger partial charge in [-0.1, -0.05) is 6.07 Å². The molecule has 6 heteroatoms. The maximum atomic E-state index is 13.1. The minimum Gasteiger partial charge on any atom is -0.322 e. The van der Waals surface area contributed by atoms with Crippen LogP contribution in [-0.2, 0) is 6.54 Å². The van der Waals surface area contributed by atoms with Crippen molar-refractivity contribution in [3.05, 3.63) is 63.8 Å². The van der Waals surface area contributed by atoms with Gasteiger partial charge in [-0.05, 0) is 24.6 Å². The molecule has 1 unspecified atom stereocenters. The van der Waals surface area contributed by atoms with Crippen LogP contribution in [0, 0.1) is 18.6 Å². The summed E-state index contributed by atoms with van der Waals surface area (Å²) in [5.41, 5.74) is 6.68. The Morgan fingerprint density at radius 3 is 2.68 bits per heavy atom. The molecule has 2 N–H and O–H groups in total. The maximum Gasteiger partial charge on any atom is 0.253 e. The van der Waals surface area contributed by atoms with Crippen LogP contribution in [0.1, 0.15) is 17.3 Å². The number of benzene rings is 1. The maximum absolute atomic E-state index is 13.1. The number of hydrogen-bond acceptors (Lipinski definition) is 3. The summed E-state index contributed by atoms with van der Waals surface area (Å²) in [6.07, 6.45) is 1.39. The minimum atomic E-state index is -0.956. The predicted octanol–water partition coefficient (Wildman–Crippen LogP) is 1.53. The summed E-state index contributed by atoms with van der Waals surface area (Å²) < 4.78 is 27.2. The highest BCUT2D eigenvalue weighted by atomic mass is 19.2. The Kier molecular flexibility index (Phi) is 3.71. The first-order valence-electron chi connectivity index (χ1n) is 5.71. The van der Waals surface area contributed by atoms with Crippen molar-refractivity contribution in [1.82, 2.24) is 9.55 Å². The van der Waals surface area contributed by atoms with Gasteiger partial charge in [0, 0.05) is 24.3 Å². The highest BCUT2D eigenvalue weighted by Gasteiger charge is 2.11. The Bertz CT molecular complexity index is 655. The molecule has 0 bridgehead atoms. The van der Waals surface area contributed by atoms with Crippen LogP contribution in [0.15, 0.2) is 35.4 Å². The van der Waals surface area contributed by atoms with Gasteiger partial charge in [-0.2, -0.15) is 0 Å². The van der Waals surface area contributed by atoms with E-state index in [1.807, 2.05) is 0 Å². The van der Waals surface area contributed by atoms with Gasteiger partial charge in [0.15, 0.2) is 11.6 Å². The van der Waals surface area contributed by atoms with Crippen LogP contribution in [0.3, 0.4) is 0 Å². The molecule has 2 rings (SSSR count). The molecule has 1 atom stereocenters. The van der Waals surface area contributed by atoms with Gasteiger partial charge in [0.2, 0.25) is 0 Å². The van der Waals surface area contributed by atoms with Crippen LogP contribution >= 0.6 is 0 Å². The summed E-state index contributed by atoms with van der Waals surface area (Å²) in [7, 11) is 0. The summed E-state index contributed by atoms with van der Waals surface area (Å²) in [6.45, 7) is 1.86. The van der Waals surface area contributed by atoms with Crippen molar-refractivity contribution in [3.63, 3.8) is 0 Å². The lowest BCUT2D eigenvalue weighted by molar-refractivity contribution is 0.499. The number of aryl methyl sites for hydroxylation is 1. The molecule has 0 aliphatic rings. The van der Waals surface area contributed by atoms with Gasteiger partial charge in [0.25, 0.3) is 5.56 Å². The fraction of sp³-hybridized carbons (Fsp3) is 0.231. The molecule has 0 saturated heterocycles. The molecule has 0 radical (unpaired) electrons. The fourth-order valence-electron chi connectivity index (χ4n) is 1.71. The van der Waals surface area contributed by atoms with E-state index in [-0.39, 0.29) is 12.1 Å². The lowest BCUT2D eigenvalue weighted by atomic mass is 10.1. The third-order valence-corrected chi connectivity index (χ3v) is 2.78. The highest BCUT2D eigenvalue weighted by Crippen LogP contribution is 2.15. The summed E-state index contributed by atoms with van der Waals surface area (Å²) in [4.78, 5) is 15.7. The van der Waals surface area contributed by atoms with Crippen molar-refractivity contribution < 1.29 is 8.78 Å². The molecule has 0 aliphatic heterocycles. The van der Waals surface area contributed by atoms with E-state index in [0.717, 1.165) is 12.1 Å². The molecule has 19 heavy (non-hydrogen) atoms.